The Bertz CT molecular complexity index is 106. The lowest BCUT2D eigenvalue weighted by Gasteiger charge is -2.37. The Morgan fingerprint density at radius 2 is 1.70 bits per heavy atom. The van der Waals surface area contributed by atoms with Crippen LogP contribution in [0, 0.1) is 5.92 Å². The third-order valence-corrected chi connectivity index (χ3v) is 4.39. The second-order valence-corrected chi connectivity index (χ2v) is 5.49. The molecule has 2 bridgehead atoms. The summed E-state index contributed by atoms with van der Waals surface area (Å²) in [6, 6.07) is 0. The second-order valence-electron chi connectivity index (χ2n) is 3.89. The highest BCUT2D eigenvalue weighted by atomic mass is 32.2. The Balaban J connectivity index is 1.98. The Morgan fingerprint density at radius 1 is 1.10 bits per heavy atom. The molecule has 2 rings (SSSR count). The van der Waals surface area contributed by atoms with Gasteiger partial charge in [0.25, 0.3) is 0 Å². The van der Waals surface area contributed by atoms with Crippen LogP contribution in [0.15, 0.2) is 0 Å². The van der Waals surface area contributed by atoms with Crippen LogP contribution >= 0.6 is 11.8 Å². The predicted molar refractivity (Wildman–Crippen MR) is 47.4 cm³/mol. The molecule has 2 saturated heterocycles. The maximum absolute atomic E-state index is 2.42. The highest BCUT2D eigenvalue weighted by molar-refractivity contribution is 8.00. The van der Waals surface area contributed by atoms with Crippen molar-refractivity contribution in [2.75, 3.05) is 0 Å². The van der Waals surface area contributed by atoms with Gasteiger partial charge in [-0.25, -0.2) is 0 Å². The van der Waals surface area contributed by atoms with Crippen molar-refractivity contribution in [3.63, 3.8) is 0 Å². The van der Waals surface area contributed by atoms with E-state index in [2.05, 4.69) is 18.7 Å². The van der Waals surface area contributed by atoms with Crippen LogP contribution in [0.1, 0.15) is 39.0 Å². The molecule has 0 saturated carbocycles. The van der Waals surface area contributed by atoms with Gasteiger partial charge in [-0.2, -0.15) is 11.8 Å². The van der Waals surface area contributed by atoms with Crippen LogP contribution in [0.4, 0.5) is 0 Å². The van der Waals surface area contributed by atoms with E-state index in [-0.39, 0.29) is 0 Å². The topological polar surface area (TPSA) is 0 Å². The van der Waals surface area contributed by atoms with Crippen LogP contribution in [-0.2, 0) is 0 Å². The molecule has 0 radical (unpaired) electrons. The number of rotatable bonds is 0. The molecule has 0 aliphatic carbocycles. The summed E-state index contributed by atoms with van der Waals surface area (Å²) in [6.45, 7) is 2.42. The summed E-state index contributed by atoms with van der Waals surface area (Å²) in [5.74, 6) is 1.02. The number of hydrogen-bond donors (Lipinski definition) is 0. The summed E-state index contributed by atoms with van der Waals surface area (Å²) in [7, 11) is 0. The van der Waals surface area contributed by atoms with Crippen LogP contribution in [0.25, 0.3) is 0 Å². The first kappa shape index (κ1) is 7.02. The maximum Gasteiger partial charge on any atom is 0.00523 e. The molecule has 58 valence electrons. The van der Waals surface area contributed by atoms with Crippen LogP contribution in [0.2, 0.25) is 0 Å². The van der Waals surface area contributed by atoms with Crippen molar-refractivity contribution in [3.8, 4) is 0 Å². The van der Waals surface area contributed by atoms with Gasteiger partial charge in [-0.1, -0.05) is 13.3 Å². The molecule has 0 aromatic heterocycles. The average molecular weight is 156 g/mol. The Kier molecular flexibility index (Phi) is 1.94. The van der Waals surface area contributed by atoms with Gasteiger partial charge in [0, 0.05) is 10.5 Å². The molecule has 2 fully saturated rings. The van der Waals surface area contributed by atoms with Crippen molar-refractivity contribution in [2.45, 2.75) is 49.5 Å². The Hall–Kier alpha value is 0.350. The molecule has 0 spiro atoms. The molecule has 1 heteroatoms. The van der Waals surface area contributed by atoms with Crippen molar-refractivity contribution in [3.05, 3.63) is 0 Å². The molecule has 10 heavy (non-hydrogen) atoms. The van der Waals surface area contributed by atoms with Crippen LogP contribution in [0.3, 0.4) is 0 Å². The summed E-state index contributed by atoms with van der Waals surface area (Å²) < 4.78 is 0. The first-order valence-corrected chi connectivity index (χ1v) is 5.44. The number of thioether (sulfide) groups is 1. The average Bonchev–Trinajstić information content (AvgIpc) is 1.85. The third kappa shape index (κ3) is 1.34. The SMILES string of the molecule is CC1CC2CCCC(C1)S2. The van der Waals surface area contributed by atoms with E-state index < -0.39 is 0 Å². The minimum Gasteiger partial charge on any atom is -0.155 e. The smallest absolute Gasteiger partial charge is 0.00523 e. The van der Waals surface area contributed by atoms with E-state index in [0.29, 0.717) is 0 Å². The van der Waals surface area contributed by atoms with E-state index in [1.54, 1.807) is 0 Å². The molecule has 0 amide bonds. The molecule has 0 nitrogen and oxygen atoms in total. The van der Waals surface area contributed by atoms with Gasteiger partial charge in [-0.3, -0.25) is 0 Å². The van der Waals surface area contributed by atoms with Gasteiger partial charge in [0.1, 0.15) is 0 Å². The van der Waals surface area contributed by atoms with Gasteiger partial charge in [0.05, 0.1) is 0 Å². The fraction of sp³-hybridized carbons (Fsp3) is 1.00. The molecule has 2 aliphatic rings. The van der Waals surface area contributed by atoms with E-state index in [1.165, 1.54) is 32.1 Å². The van der Waals surface area contributed by atoms with E-state index in [4.69, 9.17) is 0 Å². The van der Waals surface area contributed by atoms with Gasteiger partial charge in [-0.05, 0) is 31.6 Å². The lowest BCUT2D eigenvalue weighted by atomic mass is 9.91. The summed E-state index contributed by atoms with van der Waals surface area (Å²) in [4.78, 5) is 0. The zero-order chi connectivity index (χ0) is 6.97. The van der Waals surface area contributed by atoms with Crippen molar-refractivity contribution in [1.82, 2.24) is 0 Å². The van der Waals surface area contributed by atoms with Crippen LogP contribution in [0.5, 0.6) is 0 Å². The quantitative estimate of drug-likeness (QED) is 0.519. The normalized spacial score (nSPS) is 47.1. The number of fused-ring (bicyclic) bond motifs is 2. The standard InChI is InChI=1S/C9H16S/c1-7-5-8-3-2-4-9(6-7)10-8/h7-9H,2-6H2,1H3. The van der Waals surface area contributed by atoms with Crippen LogP contribution in [-0.4, -0.2) is 10.5 Å². The van der Waals surface area contributed by atoms with Gasteiger partial charge >= 0.3 is 0 Å². The zero-order valence-electron chi connectivity index (χ0n) is 6.68. The van der Waals surface area contributed by atoms with Gasteiger partial charge < -0.3 is 0 Å². The highest BCUT2D eigenvalue weighted by Crippen LogP contribution is 2.43. The third-order valence-electron chi connectivity index (χ3n) is 2.77. The number of hydrogen-bond acceptors (Lipinski definition) is 1. The van der Waals surface area contributed by atoms with E-state index in [0.717, 1.165) is 16.4 Å². The summed E-state index contributed by atoms with van der Waals surface area (Å²) in [6.07, 6.45) is 7.52. The molecule has 0 aromatic carbocycles. The lowest BCUT2D eigenvalue weighted by molar-refractivity contribution is 0.394. The maximum atomic E-state index is 2.42. The fourth-order valence-electron chi connectivity index (χ4n) is 2.32. The molecular weight excluding hydrogens is 140 g/mol. The Morgan fingerprint density at radius 3 is 2.30 bits per heavy atom. The van der Waals surface area contributed by atoms with Crippen molar-refractivity contribution in [2.24, 2.45) is 5.92 Å². The first-order chi connectivity index (χ1) is 4.84. The minimum atomic E-state index is 1.02. The largest absolute Gasteiger partial charge is 0.155 e. The molecule has 2 heterocycles. The van der Waals surface area contributed by atoms with Crippen molar-refractivity contribution >= 4 is 11.8 Å². The second kappa shape index (κ2) is 2.77. The van der Waals surface area contributed by atoms with Crippen LogP contribution < -0.4 is 0 Å². The monoisotopic (exact) mass is 156 g/mol. The summed E-state index contributed by atoms with van der Waals surface area (Å²) in [5, 5.41) is 2.09. The molecule has 0 aromatic rings. The summed E-state index contributed by atoms with van der Waals surface area (Å²) >= 11 is 2.28. The molecule has 0 N–H and O–H groups in total. The first-order valence-electron chi connectivity index (χ1n) is 4.50. The molecule has 2 aliphatic heterocycles. The summed E-state index contributed by atoms with van der Waals surface area (Å²) in [5.41, 5.74) is 0. The molecule has 2 atom stereocenters. The van der Waals surface area contributed by atoms with E-state index >= 15 is 0 Å². The van der Waals surface area contributed by atoms with E-state index in [1.807, 2.05) is 0 Å². The lowest BCUT2D eigenvalue weighted by Crippen LogP contribution is -2.27. The van der Waals surface area contributed by atoms with Gasteiger partial charge in [-0.15, -0.1) is 0 Å². The molecular formula is C9H16S. The van der Waals surface area contributed by atoms with Crippen molar-refractivity contribution in [1.29, 1.82) is 0 Å². The zero-order valence-corrected chi connectivity index (χ0v) is 7.49. The molecule has 2 unspecified atom stereocenters. The van der Waals surface area contributed by atoms with E-state index in [9.17, 15) is 0 Å². The van der Waals surface area contributed by atoms with Crippen molar-refractivity contribution < 1.29 is 0 Å². The fourth-order valence-corrected chi connectivity index (χ4v) is 4.35. The predicted octanol–water partition coefficient (Wildman–Crippen LogP) is 3.07. The van der Waals surface area contributed by atoms with Gasteiger partial charge in [0.15, 0.2) is 0 Å². The highest BCUT2D eigenvalue weighted by Gasteiger charge is 2.29. The minimum absolute atomic E-state index is 1.02. The van der Waals surface area contributed by atoms with Gasteiger partial charge in [0.2, 0.25) is 0 Å². The Labute approximate surface area is 67.8 Å².